The quantitative estimate of drug-likeness (QED) is 0.898. The third kappa shape index (κ3) is 2.77. The molecule has 1 aromatic heterocycles. The Hall–Kier alpha value is -2.10. The number of hydrogen-bond acceptors (Lipinski definition) is 2. The Morgan fingerprint density at radius 1 is 1.39 bits per heavy atom. The number of nitrogens with one attached hydrogen (secondary N) is 1. The van der Waals surface area contributed by atoms with E-state index in [2.05, 4.69) is 16.4 Å². The number of aromatic nitrogens is 2. The SMILES string of the molecule is Cc1ccc(NC(=O)Cc2nccn2C)c(C)c1. The minimum atomic E-state index is -0.0451. The van der Waals surface area contributed by atoms with Crippen molar-refractivity contribution in [2.75, 3.05) is 5.32 Å². The van der Waals surface area contributed by atoms with Crippen molar-refractivity contribution in [3.63, 3.8) is 0 Å². The van der Waals surface area contributed by atoms with E-state index >= 15 is 0 Å². The van der Waals surface area contributed by atoms with Gasteiger partial charge < -0.3 is 9.88 Å². The number of benzene rings is 1. The average molecular weight is 243 g/mol. The van der Waals surface area contributed by atoms with Crippen LogP contribution >= 0.6 is 0 Å². The van der Waals surface area contributed by atoms with Crippen LogP contribution < -0.4 is 5.32 Å². The molecule has 0 aliphatic heterocycles. The minimum Gasteiger partial charge on any atom is -0.338 e. The van der Waals surface area contributed by atoms with Crippen LogP contribution in [0.5, 0.6) is 0 Å². The topological polar surface area (TPSA) is 46.9 Å². The molecule has 0 aliphatic rings. The maximum atomic E-state index is 11.9. The molecule has 0 radical (unpaired) electrons. The summed E-state index contributed by atoms with van der Waals surface area (Å²) in [6.45, 7) is 4.02. The van der Waals surface area contributed by atoms with E-state index in [-0.39, 0.29) is 12.3 Å². The number of hydrogen-bond donors (Lipinski definition) is 1. The molecule has 0 bridgehead atoms. The summed E-state index contributed by atoms with van der Waals surface area (Å²) in [4.78, 5) is 16.0. The van der Waals surface area contributed by atoms with Crippen molar-refractivity contribution in [1.29, 1.82) is 0 Å². The largest absolute Gasteiger partial charge is 0.338 e. The van der Waals surface area contributed by atoms with E-state index < -0.39 is 0 Å². The third-order valence-electron chi connectivity index (χ3n) is 2.90. The van der Waals surface area contributed by atoms with Gasteiger partial charge >= 0.3 is 0 Å². The Morgan fingerprint density at radius 2 is 2.17 bits per heavy atom. The Bertz CT molecular complexity index is 572. The maximum absolute atomic E-state index is 11.9. The molecule has 1 aromatic carbocycles. The highest BCUT2D eigenvalue weighted by Gasteiger charge is 2.08. The summed E-state index contributed by atoms with van der Waals surface area (Å²) in [5.74, 6) is 0.716. The molecule has 0 atom stereocenters. The van der Waals surface area contributed by atoms with Gasteiger partial charge in [0.05, 0.1) is 6.42 Å². The number of carbonyl (C=O) groups is 1. The summed E-state index contributed by atoms with van der Waals surface area (Å²) in [7, 11) is 1.88. The molecule has 1 N–H and O–H groups in total. The fraction of sp³-hybridized carbons (Fsp3) is 0.286. The molecule has 4 heteroatoms. The number of imidazole rings is 1. The van der Waals surface area contributed by atoms with Gasteiger partial charge in [0.1, 0.15) is 5.82 Å². The maximum Gasteiger partial charge on any atom is 0.231 e. The van der Waals surface area contributed by atoms with E-state index in [1.807, 2.05) is 43.8 Å². The second kappa shape index (κ2) is 5.04. The first-order valence-electron chi connectivity index (χ1n) is 5.89. The van der Waals surface area contributed by atoms with Crippen molar-refractivity contribution in [2.24, 2.45) is 7.05 Å². The van der Waals surface area contributed by atoms with Crippen LogP contribution in [-0.2, 0) is 18.3 Å². The van der Waals surface area contributed by atoms with Crippen molar-refractivity contribution < 1.29 is 4.79 Å². The number of amides is 1. The standard InChI is InChI=1S/C14H17N3O/c1-10-4-5-12(11(2)8-10)16-14(18)9-13-15-6-7-17(13)3/h4-8H,9H2,1-3H3,(H,16,18). The summed E-state index contributed by atoms with van der Waals surface area (Å²) in [5.41, 5.74) is 3.12. The van der Waals surface area contributed by atoms with Crippen LogP contribution in [-0.4, -0.2) is 15.5 Å². The van der Waals surface area contributed by atoms with E-state index in [9.17, 15) is 4.79 Å². The predicted octanol–water partition coefficient (Wildman–Crippen LogP) is 2.22. The molecule has 0 aliphatic carbocycles. The molecule has 18 heavy (non-hydrogen) atoms. The van der Waals surface area contributed by atoms with Gasteiger partial charge in [-0.15, -0.1) is 0 Å². The molecule has 0 saturated carbocycles. The summed E-state index contributed by atoms with van der Waals surface area (Å²) >= 11 is 0. The fourth-order valence-corrected chi connectivity index (χ4v) is 1.86. The summed E-state index contributed by atoms with van der Waals surface area (Å²) in [5, 5.41) is 2.91. The monoisotopic (exact) mass is 243 g/mol. The Labute approximate surface area is 107 Å². The molecule has 1 heterocycles. The van der Waals surface area contributed by atoms with Gasteiger partial charge in [-0.2, -0.15) is 0 Å². The number of nitrogens with zero attached hydrogens (tertiary/aromatic N) is 2. The lowest BCUT2D eigenvalue weighted by atomic mass is 10.1. The summed E-state index contributed by atoms with van der Waals surface area (Å²) in [6, 6.07) is 5.97. The third-order valence-corrected chi connectivity index (χ3v) is 2.90. The first-order chi connectivity index (χ1) is 8.56. The second-order valence-electron chi connectivity index (χ2n) is 4.50. The van der Waals surface area contributed by atoms with Crippen molar-refractivity contribution >= 4 is 11.6 Å². The number of rotatable bonds is 3. The zero-order valence-corrected chi connectivity index (χ0v) is 10.9. The van der Waals surface area contributed by atoms with Gasteiger partial charge in [-0.1, -0.05) is 17.7 Å². The molecular formula is C14H17N3O. The van der Waals surface area contributed by atoms with E-state index in [0.29, 0.717) is 0 Å². The van der Waals surface area contributed by atoms with Gasteiger partial charge in [0.15, 0.2) is 0 Å². The lowest BCUT2D eigenvalue weighted by molar-refractivity contribution is -0.115. The second-order valence-corrected chi connectivity index (χ2v) is 4.50. The number of anilines is 1. The highest BCUT2D eigenvalue weighted by atomic mass is 16.1. The van der Waals surface area contributed by atoms with Gasteiger partial charge in [0.25, 0.3) is 0 Å². The van der Waals surface area contributed by atoms with Crippen molar-refractivity contribution in [1.82, 2.24) is 9.55 Å². The van der Waals surface area contributed by atoms with Crippen molar-refractivity contribution in [3.8, 4) is 0 Å². The van der Waals surface area contributed by atoms with E-state index in [0.717, 1.165) is 17.1 Å². The predicted molar refractivity (Wildman–Crippen MR) is 71.5 cm³/mol. The fourth-order valence-electron chi connectivity index (χ4n) is 1.86. The summed E-state index contributed by atoms with van der Waals surface area (Å²) in [6.07, 6.45) is 3.82. The van der Waals surface area contributed by atoms with Gasteiger partial charge in [0.2, 0.25) is 5.91 Å². The zero-order chi connectivity index (χ0) is 13.1. The number of carbonyl (C=O) groups excluding carboxylic acids is 1. The van der Waals surface area contributed by atoms with Crippen LogP contribution in [0.4, 0.5) is 5.69 Å². The first kappa shape index (κ1) is 12.4. The van der Waals surface area contributed by atoms with E-state index in [4.69, 9.17) is 0 Å². The molecule has 0 saturated heterocycles. The van der Waals surface area contributed by atoms with Crippen molar-refractivity contribution in [2.45, 2.75) is 20.3 Å². The average Bonchev–Trinajstić information content (AvgIpc) is 2.69. The van der Waals surface area contributed by atoms with Crippen molar-refractivity contribution in [3.05, 3.63) is 47.5 Å². The lowest BCUT2D eigenvalue weighted by Crippen LogP contribution is -2.17. The molecule has 0 spiro atoms. The zero-order valence-electron chi connectivity index (χ0n) is 10.9. The van der Waals surface area contributed by atoms with Gasteiger partial charge in [-0.25, -0.2) is 4.98 Å². The molecule has 94 valence electrons. The molecular weight excluding hydrogens is 226 g/mol. The molecule has 2 aromatic rings. The highest BCUT2D eigenvalue weighted by Crippen LogP contribution is 2.16. The van der Waals surface area contributed by atoms with Crippen LogP contribution in [0.15, 0.2) is 30.6 Å². The van der Waals surface area contributed by atoms with Crippen LogP contribution in [0.2, 0.25) is 0 Å². The number of aryl methyl sites for hydroxylation is 3. The highest BCUT2D eigenvalue weighted by molar-refractivity contribution is 5.92. The lowest BCUT2D eigenvalue weighted by Gasteiger charge is -2.09. The molecule has 2 rings (SSSR count). The minimum absolute atomic E-state index is 0.0451. The van der Waals surface area contributed by atoms with Crippen LogP contribution in [0.3, 0.4) is 0 Å². The van der Waals surface area contributed by atoms with Crippen LogP contribution in [0.25, 0.3) is 0 Å². The molecule has 0 unspecified atom stereocenters. The smallest absolute Gasteiger partial charge is 0.231 e. The van der Waals surface area contributed by atoms with Gasteiger partial charge in [-0.3, -0.25) is 4.79 Å². The van der Waals surface area contributed by atoms with Gasteiger partial charge in [-0.05, 0) is 25.5 Å². The molecule has 1 amide bonds. The Kier molecular flexibility index (Phi) is 3.46. The van der Waals surface area contributed by atoms with Crippen LogP contribution in [0.1, 0.15) is 17.0 Å². The van der Waals surface area contributed by atoms with E-state index in [1.54, 1.807) is 6.20 Å². The molecule has 4 nitrogen and oxygen atoms in total. The van der Waals surface area contributed by atoms with Gasteiger partial charge in [0, 0.05) is 25.1 Å². The molecule has 0 fully saturated rings. The Morgan fingerprint density at radius 3 is 2.78 bits per heavy atom. The normalized spacial score (nSPS) is 10.4. The Balaban J connectivity index is 2.05. The van der Waals surface area contributed by atoms with Crippen LogP contribution in [0, 0.1) is 13.8 Å². The first-order valence-corrected chi connectivity index (χ1v) is 5.89. The van der Waals surface area contributed by atoms with E-state index in [1.165, 1.54) is 5.56 Å². The summed E-state index contributed by atoms with van der Waals surface area (Å²) < 4.78 is 1.85.